The maximum atomic E-state index is 14.0. The summed E-state index contributed by atoms with van der Waals surface area (Å²) in [7, 11) is 1.74. The Hall–Kier alpha value is -3.34. The van der Waals surface area contributed by atoms with Crippen LogP contribution in [0.15, 0.2) is 48.1 Å². The van der Waals surface area contributed by atoms with Gasteiger partial charge in [-0.15, -0.1) is 11.3 Å². The molecule has 7 rings (SSSR count). The molecule has 10 heteroatoms. The lowest BCUT2D eigenvalue weighted by molar-refractivity contribution is 0.0680. The zero-order valence-electron chi connectivity index (χ0n) is 20.7. The fourth-order valence-electron chi connectivity index (χ4n) is 5.79. The first-order chi connectivity index (χ1) is 18.2. The fraction of sp³-hybridized carbons (Fsp3) is 0.407. The second-order valence-electron chi connectivity index (χ2n) is 10.1. The van der Waals surface area contributed by atoms with E-state index in [0.29, 0.717) is 17.3 Å². The molecule has 3 fully saturated rings. The maximum Gasteiger partial charge on any atom is 0.254 e. The topological polar surface area (TPSA) is 87.9 Å². The van der Waals surface area contributed by atoms with E-state index in [1.54, 1.807) is 29.2 Å². The van der Waals surface area contributed by atoms with Crippen LogP contribution in [0.2, 0.25) is 0 Å². The highest BCUT2D eigenvalue weighted by Crippen LogP contribution is 2.33. The third-order valence-electron chi connectivity index (χ3n) is 7.87. The number of rotatable bonds is 5. The molecule has 0 radical (unpaired) electrons. The molecule has 0 unspecified atom stereocenters. The number of nitrogens with zero attached hydrogens (tertiary/aromatic N) is 6. The zero-order valence-corrected chi connectivity index (χ0v) is 21.5. The molecule has 37 heavy (non-hydrogen) atoms. The molecule has 2 atom stereocenters. The molecule has 0 aromatic carbocycles. The number of amides is 1. The molecule has 4 aromatic heterocycles. The fourth-order valence-corrected chi connectivity index (χ4v) is 6.48. The Balaban J connectivity index is 1.31. The average Bonchev–Trinajstić information content (AvgIpc) is 3.61. The van der Waals surface area contributed by atoms with Gasteiger partial charge in [0.15, 0.2) is 5.65 Å². The Labute approximate surface area is 219 Å². The highest BCUT2D eigenvalue weighted by molar-refractivity contribution is 7.13. The summed E-state index contributed by atoms with van der Waals surface area (Å²) in [6, 6.07) is 10.5. The molecule has 3 aliphatic rings. The number of methoxy groups -OCH3 is 1. The molecule has 1 N–H and O–H groups in total. The number of hydrogen-bond donors (Lipinski definition) is 1. The van der Waals surface area contributed by atoms with Crippen molar-refractivity contribution in [3.8, 4) is 21.8 Å². The first kappa shape index (κ1) is 22.8. The predicted molar refractivity (Wildman–Crippen MR) is 143 cm³/mol. The van der Waals surface area contributed by atoms with Crippen molar-refractivity contribution in [3.63, 3.8) is 0 Å². The van der Waals surface area contributed by atoms with Crippen molar-refractivity contribution in [1.82, 2.24) is 29.8 Å². The standard InChI is InChI=1S/C27H29N7O2S/c1-36-20-15-32(16-20)25-12-17(27(35)34-18-4-5-19(34)13-28-8-6-18)11-23(30-25)21-14-29-33-9-7-22(31-26(21)33)24-3-2-10-37-24/h2-3,7,9-12,14,18-20,28H,4-6,8,13,15-16H2,1H3/t18-,19+/m1/s1. The number of thiophene rings is 1. The van der Waals surface area contributed by atoms with Crippen LogP contribution in [0, 0.1) is 0 Å². The van der Waals surface area contributed by atoms with E-state index in [0.717, 1.165) is 73.0 Å². The van der Waals surface area contributed by atoms with Gasteiger partial charge in [-0.25, -0.2) is 14.5 Å². The summed E-state index contributed by atoms with van der Waals surface area (Å²) in [5.41, 5.74) is 3.84. The SMILES string of the molecule is COC1CN(c2cc(C(=O)N3[C@H]4CCNC[C@@H]3CC4)cc(-c3cnn4ccc(-c5cccs5)nc34)n2)C1. The lowest BCUT2D eigenvalue weighted by Crippen LogP contribution is -2.52. The highest BCUT2D eigenvalue weighted by atomic mass is 32.1. The molecule has 0 spiro atoms. The number of hydrogen-bond acceptors (Lipinski definition) is 8. The van der Waals surface area contributed by atoms with Gasteiger partial charge in [-0.2, -0.15) is 5.10 Å². The minimum atomic E-state index is 0.0913. The predicted octanol–water partition coefficient (Wildman–Crippen LogP) is 3.32. The number of anilines is 1. The number of aromatic nitrogens is 4. The third kappa shape index (κ3) is 4.00. The van der Waals surface area contributed by atoms with Gasteiger partial charge in [0, 0.05) is 50.6 Å². The molecule has 3 aliphatic heterocycles. The van der Waals surface area contributed by atoms with Gasteiger partial charge < -0.3 is 19.9 Å². The Kier molecular flexibility index (Phi) is 5.67. The zero-order chi connectivity index (χ0) is 24.9. The van der Waals surface area contributed by atoms with E-state index >= 15 is 0 Å². The van der Waals surface area contributed by atoms with Gasteiger partial charge in [-0.05, 0) is 55.5 Å². The van der Waals surface area contributed by atoms with Crippen LogP contribution in [0.1, 0.15) is 29.6 Å². The smallest absolute Gasteiger partial charge is 0.254 e. The Morgan fingerprint density at radius 1 is 1.11 bits per heavy atom. The largest absolute Gasteiger partial charge is 0.378 e. The number of carbonyl (C=O) groups excluding carboxylic acids is 1. The minimum Gasteiger partial charge on any atom is -0.378 e. The van der Waals surface area contributed by atoms with Crippen molar-refractivity contribution in [2.24, 2.45) is 0 Å². The Morgan fingerprint density at radius 3 is 2.84 bits per heavy atom. The van der Waals surface area contributed by atoms with Crippen molar-refractivity contribution in [2.75, 3.05) is 38.2 Å². The molecular formula is C27H29N7O2S. The van der Waals surface area contributed by atoms with E-state index < -0.39 is 0 Å². The molecule has 0 aliphatic carbocycles. The first-order valence-electron chi connectivity index (χ1n) is 12.9. The minimum absolute atomic E-state index is 0.0913. The van der Waals surface area contributed by atoms with Crippen LogP contribution in [0.4, 0.5) is 5.82 Å². The Morgan fingerprint density at radius 2 is 2.00 bits per heavy atom. The van der Waals surface area contributed by atoms with Crippen molar-refractivity contribution in [1.29, 1.82) is 0 Å². The summed E-state index contributed by atoms with van der Waals surface area (Å²) in [5.74, 6) is 0.886. The maximum absolute atomic E-state index is 14.0. The number of carbonyl (C=O) groups is 1. The van der Waals surface area contributed by atoms with Crippen LogP contribution in [0.25, 0.3) is 27.5 Å². The molecule has 190 valence electrons. The monoisotopic (exact) mass is 515 g/mol. The second kappa shape index (κ2) is 9.20. The summed E-state index contributed by atoms with van der Waals surface area (Å²) in [6.07, 6.45) is 7.04. The number of ether oxygens (including phenoxy) is 1. The van der Waals surface area contributed by atoms with Crippen LogP contribution in [0.5, 0.6) is 0 Å². The molecule has 4 aromatic rings. The summed E-state index contributed by atoms with van der Waals surface area (Å²) < 4.78 is 7.27. The molecular weight excluding hydrogens is 486 g/mol. The normalized spacial score (nSPS) is 21.9. The number of pyridine rings is 1. The van der Waals surface area contributed by atoms with Crippen LogP contribution in [-0.4, -0.2) is 81.9 Å². The molecule has 1 amide bonds. The molecule has 3 saturated heterocycles. The summed E-state index contributed by atoms with van der Waals surface area (Å²) in [5, 5.41) is 10.1. The summed E-state index contributed by atoms with van der Waals surface area (Å²) in [6.45, 7) is 3.34. The van der Waals surface area contributed by atoms with Crippen LogP contribution in [-0.2, 0) is 4.74 Å². The molecule has 9 nitrogen and oxygen atoms in total. The van der Waals surface area contributed by atoms with Crippen molar-refractivity contribution in [2.45, 2.75) is 37.5 Å². The van der Waals surface area contributed by atoms with Gasteiger partial charge in [-0.3, -0.25) is 4.79 Å². The van der Waals surface area contributed by atoms with Crippen molar-refractivity contribution < 1.29 is 9.53 Å². The van der Waals surface area contributed by atoms with Gasteiger partial charge in [0.2, 0.25) is 0 Å². The highest BCUT2D eigenvalue weighted by Gasteiger charge is 2.39. The lowest BCUT2D eigenvalue weighted by atomic mass is 10.1. The Bertz CT molecular complexity index is 1430. The quantitative estimate of drug-likeness (QED) is 0.436. The molecule has 0 saturated carbocycles. The van der Waals surface area contributed by atoms with E-state index in [4.69, 9.17) is 14.7 Å². The van der Waals surface area contributed by atoms with E-state index in [9.17, 15) is 4.79 Å². The van der Waals surface area contributed by atoms with Gasteiger partial charge in [0.1, 0.15) is 5.82 Å². The van der Waals surface area contributed by atoms with Crippen molar-refractivity contribution in [3.05, 3.63) is 53.7 Å². The summed E-state index contributed by atoms with van der Waals surface area (Å²) >= 11 is 1.66. The number of nitrogens with one attached hydrogen (secondary N) is 1. The number of fused-ring (bicyclic) bond motifs is 3. The van der Waals surface area contributed by atoms with E-state index in [1.807, 2.05) is 35.8 Å². The van der Waals surface area contributed by atoms with Crippen molar-refractivity contribution >= 4 is 28.7 Å². The van der Waals surface area contributed by atoms with E-state index in [1.165, 1.54) is 0 Å². The van der Waals surface area contributed by atoms with Gasteiger partial charge >= 0.3 is 0 Å². The van der Waals surface area contributed by atoms with Gasteiger partial charge in [-0.1, -0.05) is 6.07 Å². The third-order valence-corrected chi connectivity index (χ3v) is 8.76. The average molecular weight is 516 g/mol. The first-order valence-corrected chi connectivity index (χ1v) is 13.8. The van der Waals surface area contributed by atoms with Gasteiger partial charge in [0.25, 0.3) is 5.91 Å². The van der Waals surface area contributed by atoms with Gasteiger partial charge in [0.05, 0.1) is 34.1 Å². The van der Waals surface area contributed by atoms with Crippen LogP contribution < -0.4 is 10.2 Å². The molecule has 7 heterocycles. The van der Waals surface area contributed by atoms with E-state index in [2.05, 4.69) is 26.3 Å². The van der Waals surface area contributed by atoms with E-state index in [-0.39, 0.29) is 18.1 Å². The summed E-state index contributed by atoms with van der Waals surface area (Å²) in [4.78, 5) is 29.3. The second-order valence-corrected chi connectivity index (χ2v) is 11.0. The van der Waals surface area contributed by atoms with Crippen LogP contribution >= 0.6 is 11.3 Å². The van der Waals surface area contributed by atoms with Crippen LogP contribution in [0.3, 0.4) is 0 Å². The lowest BCUT2D eigenvalue weighted by Gasteiger charge is -2.39. The molecule has 2 bridgehead atoms.